The Labute approximate surface area is 148 Å². The third-order valence-corrected chi connectivity index (χ3v) is 7.94. The number of Topliss-reactive ketones (excluding diaryl/α,β-unsaturated/α-hetero) is 1. The van der Waals surface area contributed by atoms with Gasteiger partial charge < -0.3 is 14.9 Å². The first-order chi connectivity index (χ1) is 11.9. The Bertz CT molecular complexity index is 727. The molecule has 2 bridgehead atoms. The molecule has 0 aromatic rings. The summed E-state index contributed by atoms with van der Waals surface area (Å²) in [4.78, 5) is 14.9. The molecule has 4 fully saturated rings. The molecule has 5 rings (SSSR count). The van der Waals surface area contributed by atoms with Crippen molar-refractivity contribution >= 4 is 5.78 Å². The number of methoxy groups -OCH3 is 1. The Hall–Kier alpha value is -1.33. The van der Waals surface area contributed by atoms with Crippen LogP contribution in [0.4, 0.5) is 0 Å². The fraction of sp³-hybridized carbons (Fsp3) is 0.750. The molecule has 0 amide bonds. The highest BCUT2D eigenvalue weighted by Gasteiger charge is 2.79. The Morgan fingerprint density at radius 1 is 1.44 bits per heavy atom. The van der Waals surface area contributed by atoms with E-state index < -0.39 is 11.0 Å². The van der Waals surface area contributed by atoms with Crippen molar-refractivity contribution in [2.75, 3.05) is 20.2 Å². The van der Waals surface area contributed by atoms with E-state index in [1.54, 1.807) is 7.11 Å². The van der Waals surface area contributed by atoms with Gasteiger partial charge in [0, 0.05) is 36.3 Å². The van der Waals surface area contributed by atoms with Crippen LogP contribution in [0.3, 0.4) is 0 Å². The summed E-state index contributed by atoms with van der Waals surface area (Å²) in [7, 11) is 1.58. The van der Waals surface area contributed by atoms with E-state index >= 15 is 0 Å². The van der Waals surface area contributed by atoms with Gasteiger partial charge in [0.05, 0.1) is 12.7 Å². The average Bonchev–Trinajstić information content (AvgIpc) is 2.69. The second-order valence-corrected chi connectivity index (χ2v) is 8.90. The van der Waals surface area contributed by atoms with E-state index in [1.165, 1.54) is 0 Å². The fourth-order valence-corrected chi connectivity index (χ4v) is 7.43. The van der Waals surface area contributed by atoms with Gasteiger partial charge in [-0.15, -0.1) is 0 Å². The topological polar surface area (TPSA) is 70.0 Å². The van der Waals surface area contributed by atoms with Gasteiger partial charge in [0.1, 0.15) is 5.78 Å². The minimum Gasteiger partial charge on any atom is -0.504 e. The minimum atomic E-state index is -0.888. The van der Waals surface area contributed by atoms with E-state index in [0.29, 0.717) is 25.0 Å². The molecule has 2 N–H and O–H groups in total. The molecule has 5 heteroatoms. The van der Waals surface area contributed by atoms with Crippen molar-refractivity contribution < 1.29 is 19.7 Å². The van der Waals surface area contributed by atoms with E-state index in [9.17, 15) is 15.0 Å². The lowest BCUT2D eigenvalue weighted by molar-refractivity contribution is -0.165. The summed E-state index contributed by atoms with van der Waals surface area (Å²) in [5.41, 5.74) is -0.307. The molecule has 0 aromatic heterocycles. The molecule has 1 saturated heterocycles. The molecule has 0 radical (unpaired) electrons. The first-order valence-corrected chi connectivity index (χ1v) is 9.57. The molecular formula is C20H27NO4. The van der Waals surface area contributed by atoms with Crippen LogP contribution in [-0.2, 0) is 9.53 Å². The molecule has 5 aliphatic rings. The highest BCUT2D eigenvalue weighted by Crippen LogP contribution is 2.75. The Balaban J connectivity index is 1.76. The monoisotopic (exact) mass is 345 g/mol. The second kappa shape index (κ2) is 4.68. The summed E-state index contributed by atoms with van der Waals surface area (Å²) in [6, 6.07) is 0.136. The predicted octanol–water partition coefficient (Wildman–Crippen LogP) is 2.32. The van der Waals surface area contributed by atoms with Crippen LogP contribution in [0.25, 0.3) is 0 Å². The molecule has 4 aliphatic carbocycles. The number of ketones is 1. The molecule has 3 saturated carbocycles. The number of carbonyl (C=O) groups excluding carboxylic acids is 1. The Morgan fingerprint density at radius 2 is 2.24 bits per heavy atom. The molecule has 5 nitrogen and oxygen atoms in total. The molecule has 136 valence electrons. The number of ether oxygens (including phenoxy) is 1. The lowest BCUT2D eigenvalue weighted by Gasteiger charge is -2.58. The van der Waals surface area contributed by atoms with Crippen molar-refractivity contribution in [2.45, 2.75) is 57.1 Å². The molecule has 1 heterocycles. The summed E-state index contributed by atoms with van der Waals surface area (Å²) < 4.78 is 5.61. The zero-order valence-corrected chi connectivity index (χ0v) is 15.0. The summed E-state index contributed by atoms with van der Waals surface area (Å²) in [6.07, 6.45) is 5.90. The molecule has 2 spiro atoms. The summed E-state index contributed by atoms with van der Waals surface area (Å²) >= 11 is 0. The smallest absolute Gasteiger partial charge is 0.160 e. The number of aliphatic hydroxyl groups is 2. The number of hydrogen-bond acceptors (Lipinski definition) is 5. The quantitative estimate of drug-likeness (QED) is 0.804. The molecule has 1 aliphatic heterocycles. The maximum absolute atomic E-state index is 12.5. The van der Waals surface area contributed by atoms with Crippen LogP contribution in [0.2, 0.25) is 0 Å². The molecule has 25 heavy (non-hydrogen) atoms. The SMILES string of the molecule is CCN1CC23CC4CC=C(O)C(OC)=C4[C@]4(CC(=O)CC[C@@]4(O)[C@H]12)C3. The number of rotatable bonds is 2. The van der Waals surface area contributed by atoms with Gasteiger partial charge in [-0.3, -0.25) is 9.69 Å². The summed E-state index contributed by atoms with van der Waals surface area (Å²) in [6.45, 7) is 4.11. The maximum Gasteiger partial charge on any atom is 0.160 e. The Morgan fingerprint density at radius 3 is 2.96 bits per heavy atom. The summed E-state index contributed by atoms with van der Waals surface area (Å²) in [5, 5.41) is 22.4. The predicted molar refractivity (Wildman–Crippen MR) is 91.8 cm³/mol. The molecule has 0 aromatic carbocycles. The summed E-state index contributed by atoms with van der Waals surface area (Å²) in [5.74, 6) is 1.19. The van der Waals surface area contributed by atoms with Crippen LogP contribution in [0.5, 0.6) is 0 Å². The maximum atomic E-state index is 12.5. The second-order valence-electron chi connectivity index (χ2n) is 8.90. The number of hydrogen-bond donors (Lipinski definition) is 2. The van der Waals surface area contributed by atoms with Gasteiger partial charge in [-0.2, -0.15) is 0 Å². The first-order valence-electron chi connectivity index (χ1n) is 9.57. The lowest BCUT2D eigenvalue weighted by Crippen LogP contribution is -2.69. The van der Waals surface area contributed by atoms with Gasteiger partial charge in [-0.25, -0.2) is 0 Å². The van der Waals surface area contributed by atoms with E-state index in [0.717, 1.165) is 37.9 Å². The van der Waals surface area contributed by atoms with E-state index in [4.69, 9.17) is 4.74 Å². The van der Waals surface area contributed by atoms with Crippen LogP contribution in [0.1, 0.15) is 45.4 Å². The zero-order chi connectivity index (χ0) is 17.6. The average molecular weight is 345 g/mol. The van der Waals surface area contributed by atoms with Crippen molar-refractivity contribution in [1.82, 2.24) is 4.90 Å². The zero-order valence-electron chi connectivity index (χ0n) is 15.0. The lowest BCUT2D eigenvalue weighted by atomic mass is 9.53. The van der Waals surface area contributed by atoms with Gasteiger partial charge in [-0.05, 0) is 49.8 Å². The molecule has 2 unspecified atom stereocenters. The Kier molecular flexibility index (Phi) is 2.98. The largest absolute Gasteiger partial charge is 0.504 e. The third-order valence-electron chi connectivity index (χ3n) is 7.94. The van der Waals surface area contributed by atoms with Crippen molar-refractivity contribution in [3.63, 3.8) is 0 Å². The van der Waals surface area contributed by atoms with E-state index in [2.05, 4.69) is 11.8 Å². The highest BCUT2D eigenvalue weighted by atomic mass is 16.5. The van der Waals surface area contributed by atoms with Gasteiger partial charge in [0.15, 0.2) is 11.5 Å². The molecular weight excluding hydrogens is 318 g/mol. The number of aliphatic hydroxyl groups excluding tert-OH is 1. The van der Waals surface area contributed by atoms with Crippen LogP contribution in [0.15, 0.2) is 23.2 Å². The van der Waals surface area contributed by atoms with Crippen LogP contribution in [0, 0.1) is 16.7 Å². The third kappa shape index (κ3) is 1.61. The normalized spacial score (nSPS) is 48.3. The number of allylic oxidation sites excluding steroid dienone is 1. The van der Waals surface area contributed by atoms with E-state index in [-0.39, 0.29) is 28.9 Å². The fourth-order valence-electron chi connectivity index (χ4n) is 7.43. The standard InChI is InChI=1S/C20H27NO4/c1-3-21-11-18-8-12-4-5-14(23)16(25-2)15(12)19(10-18)9-13(22)6-7-20(19,24)17(18)21/h5,12,17,23-24H,3-4,6-11H2,1-2H3/t12?,17-,18?,19+,20-/m1/s1. The van der Waals surface area contributed by atoms with Gasteiger partial charge in [-0.1, -0.05) is 6.92 Å². The number of likely N-dealkylation sites (tertiary alicyclic amines) is 1. The van der Waals surface area contributed by atoms with Gasteiger partial charge in [0.2, 0.25) is 0 Å². The molecule has 5 atom stereocenters. The van der Waals surface area contributed by atoms with Gasteiger partial charge >= 0.3 is 0 Å². The van der Waals surface area contributed by atoms with Crippen LogP contribution >= 0.6 is 0 Å². The van der Waals surface area contributed by atoms with Gasteiger partial charge in [0.25, 0.3) is 0 Å². The van der Waals surface area contributed by atoms with Crippen molar-refractivity contribution in [1.29, 1.82) is 0 Å². The number of fused-ring (bicyclic) bond motifs is 2. The number of likely N-dealkylation sites (N-methyl/N-ethyl adjacent to an activating group) is 1. The van der Waals surface area contributed by atoms with Crippen molar-refractivity contribution in [3.05, 3.63) is 23.2 Å². The van der Waals surface area contributed by atoms with Crippen molar-refractivity contribution in [2.24, 2.45) is 16.7 Å². The van der Waals surface area contributed by atoms with E-state index in [1.807, 2.05) is 6.08 Å². The first kappa shape index (κ1) is 15.9. The van der Waals surface area contributed by atoms with Crippen LogP contribution < -0.4 is 0 Å². The minimum absolute atomic E-state index is 0.114. The van der Waals surface area contributed by atoms with Crippen LogP contribution in [-0.4, -0.2) is 52.7 Å². The highest BCUT2D eigenvalue weighted by molar-refractivity contribution is 5.82. The van der Waals surface area contributed by atoms with Crippen molar-refractivity contribution in [3.8, 4) is 0 Å². The number of carbonyl (C=O) groups is 1. The number of nitrogens with zero attached hydrogens (tertiary/aromatic N) is 1.